The summed E-state index contributed by atoms with van der Waals surface area (Å²) >= 11 is 0. The average molecular weight is 386 g/mol. The predicted molar refractivity (Wildman–Crippen MR) is 111 cm³/mol. The minimum atomic E-state index is -0.778. The maximum Gasteiger partial charge on any atom is 0.241 e. The summed E-state index contributed by atoms with van der Waals surface area (Å²) < 4.78 is 0. The van der Waals surface area contributed by atoms with Crippen molar-refractivity contribution in [3.63, 3.8) is 0 Å². The smallest absolute Gasteiger partial charge is 0.241 e. The Kier molecular flexibility index (Phi) is 5.51. The molecular weight excluding hydrogens is 350 g/mol. The van der Waals surface area contributed by atoms with Gasteiger partial charge in [-0.05, 0) is 37.2 Å². The van der Waals surface area contributed by atoms with Crippen LogP contribution in [0.3, 0.4) is 0 Å². The summed E-state index contributed by atoms with van der Waals surface area (Å²) in [4.78, 5) is 17.6. The number of likely N-dealkylation sites (tertiary alicyclic amines) is 1. The zero-order valence-corrected chi connectivity index (χ0v) is 17.4. The van der Waals surface area contributed by atoms with Crippen molar-refractivity contribution in [2.24, 2.45) is 5.92 Å². The molecule has 2 unspecified atom stereocenters. The maximum atomic E-state index is 12.8. The third-order valence-electron chi connectivity index (χ3n) is 7.22. The van der Waals surface area contributed by atoms with Crippen LogP contribution in [0.2, 0.25) is 0 Å². The van der Waals surface area contributed by atoms with Crippen LogP contribution in [0.25, 0.3) is 0 Å². The van der Waals surface area contributed by atoms with Crippen LogP contribution in [0.15, 0.2) is 30.3 Å². The van der Waals surface area contributed by atoms with Gasteiger partial charge in [-0.1, -0.05) is 57.0 Å². The summed E-state index contributed by atoms with van der Waals surface area (Å²) in [6, 6.07) is 10.3. The first-order valence-electron chi connectivity index (χ1n) is 11.0. The molecule has 0 radical (unpaired) electrons. The molecule has 2 aliphatic heterocycles. The Labute approximate surface area is 169 Å². The van der Waals surface area contributed by atoms with Gasteiger partial charge in [0.05, 0.1) is 6.67 Å². The quantitative estimate of drug-likeness (QED) is 0.837. The van der Waals surface area contributed by atoms with Gasteiger partial charge in [0.15, 0.2) is 0 Å². The second kappa shape index (κ2) is 7.77. The van der Waals surface area contributed by atoms with Gasteiger partial charge in [-0.2, -0.15) is 0 Å². The van der Waals surface area contributed by atoms with Gasteiger partial charge >= 0.3 is 0 Å². The predicted octanol–water partition coefficient (Wildman–Crippen LogP) is 2.70. The molecule has 1 saturated carbocycles. The van der Waals surface area contributed by atoms with E-state index in [2.05, 4.69) is 41.1 Å². The summed E-state index contributed by atoms with van der Waals surface area (Å²) in [7, 11) is 0. The number of aliphatic hydroxyl groups is 1. The standard InChI is InChI=1S/C23H35N3O2/c1-18(2)16-26-17-24-21(27)22(26)12-14-25(15-13-22)20-10-6-7-11-23(20,28)19-8-4-3-5-9-19/h3-5,8-9,18,20,28H,6-7,10-17H2,1-2H3,(H,24,27). The van der Waals surface area contributed by atoms with E-state index in [-0.39, 0.29) is 17.5 Å². The van der Waals surface area contributed by atoms with Crippen LogP contribution in [0.4, 0.5) is 0 Å². The lowest BCUT2D eigenvalue weighted by atomic mass is 9.73. The number of nitrogens with zero attached hydrogens (tertiary/aromatic N) is 2. The number of hydrogen-bond acceptors (Lipinski definition) is 4. The lowest BCUT2D eigenvalue weighted by molar-refractivity contribution is -0.132. The fourth-order valence-corrected chi connectivity index (χ4v) is 5.74. The van der Waals surface area contributed by atoms with Crippen molar-refractivity contribution in [3.8, 4) is 0 Å². The third-order valence-corrected chi connectivity index (χ3v) is 7.22. The first kappa shape index (κ1) is 19.9. The summed E-state index contributed by atoms with van der Waals surface area (Å²) in [6.07, 6.45) is 5.80. The second-order valence-corrected chi connectivity index (χ2v) is 9.40. The van der Waals surface area contributed by atoms with Crippen LogP contribution in [-0.2, 0) is 10.4 Å². The van der Waals surface area contributed by atoms with E-state index in [0.717, 1.165) is 57.3 Å². The Morgan fingerprint density at radius 1 is 1.14 bits per heavy atom. The molecule has 0 bridgehead atoms. The van der Waals surface area contributed by atoms with Gasteiger partial charge in [0, 0.05) is 25.7 Å². The number of carbonyl (C=O) groups excluding carboxylic acids is 1. The van der Waals surface area contributed by atoms with Gasteiger partial charge in [0.1, 0.15) is 11.1 Å². The van der Waals surface area contributed by atoms with Gasteiger partial charge in [0.2, 0.25) is 5.91 Å². The molecule has 2 saturated heterocycles. The Morgan fingerprint density at radius 3 is 2.54 bits per heavy atom. The Hall–Kier alpha value is -1.43. The molecule has 5 nitrogen and oxygen atoms in total. The van der Waals surface area contributed by atoms with Crippen molar-refractivity contribution in [2.45, 2.75) is 69.6 Å². The molecule has 1 aromatic rings. The summed E-state index contributed by atoms with van der Waals surface area (Å²) in [5, 5.41) is 14.8. The second-order valence-electron chi connectivity index (χ2n) is 9.40. The van der Waals surface area contributed by atoms with E-state index in [1.165, 1.54) is 6.42 Å². The molecule has 1 spiro atoms. The molecule has 1 amide bonds. The number of hydrogen-bond donors (Lipinski definition) is 2. The monoisotopic (exact) mass is 385 g/mol. The number of carbonyl (C=O) groups is 1. The minimum Gasteiger partial charge on any atom is -0.384 e. The van der Waals surface area contributed by atoms with E-state index in [4.69, 9.17) is 0 Å². The van der Waals surface area contributed by atoms with Crippen LogP contribution in [0.5, 0.6) is 0 Å². The van der Waals surface area contributed by atoms with E-state index in [9.17, 15) is 9.90 Å². The lowest BCUT2D eigenvalue weighted by Gasteiger charge is -2.51. The van der Waals surface area contributed by atoms with Gasteiger partial charge in [-0.3, -0.25) is 14.6 Å². The largest absolute Gasteiger partial charge is 0.384 e. The first-order valence-corrected chi connectivity index (χ1v) is 11.0. The van der Waals surface area contributed by atoms with Crippen LogP contribution in [0.1, 0.15) is 57.9 Å². The van der Waals surface area contributed by atoms with Crippen molar-refractivity contribution in [2.75, 3.05) is 26.3 Å². The molecule has 0 aromatic heterocycles. The van der Waals surface area contributed by atoms with Crippen LogP contribution in [0, 0.1) is 5.92 Å². The summed E-state index contributed by atoms with van der Waals surface area (Å²) in [5.41, 5.74) is -0.0834. The van der Waals surface area contributed by atoms with Crippen molar-refractivity contribution in [3.05, 3.63) is 35.9 Å². The van der Waals surface area contributed by atoms with Crippen LogP contribution >= 0.6 is 0 Å². The van der Waals surface area contributed by atoms with Crippen LogP contribution < -0.4 is 5.32 Å². The highest BCUT2D eigenvalue weighted by molar-refractivity contribution is 5.88. The van der Waals surface area contributed by atoms with Crippen molar-refractivity contribution in [1.82, 2.24) is 15.1 Å². The van der Waals surface area contributed by atoms with E-state index in [1.54, 1.807) is 0 Å². The average Bonchev–Trinajstić information content (AvgIpc) is 2.99. The Bertz CT molecular complexity index is 684. The van der Waals surface area contributed by atoms with Gasteiger partial charge in [0.25, 0.3) is 0 Å². The SMILES string of the molecule is CC(C)CN1CNC(=O)C12CCN(C1CCCCC1(O)c1ccccc1)CC2. The molecule has 5 heteroatoms. The Balaban J connectivity index is 1.51. The summed E-state index contributed by atoms with van der Waals surface area (Å²) in [5.74, 6) is 0.749. The van der Waals surface area contributed by atoms with E-state index >= 15 is 0 Å². The number of nitrogens with one attached hydrogen (secondary N) is 1. The van der Waals surface area contributed by atoms with Crippen molar-refractivity contribution < 1.29 is 9.90 Å². The molecule has 2 atom stereocenters. The molecule has 2 heterocycles. The van der Waals surface area contributed by atoms with Crippen LogP contribution in [-0.4, -0.2) is 58.7 Å². The topological polar surface area (TPSA) is 55.8 Å². The molecule has 3 fully saturated rings. The molecule has 4 rings (SSSR count). The van der Waals surface area contributed by atoms with Crippen molar-refractivity contribution >= 4 is 5.91 Å². The van der Waals surface area contributed by atoms with Gasteiger partial charge in [-0.15, -0.1) is 0 Å². The van der Waals surface area contributed by atoms with E-state index < -0.39 is 5.60 Å². The molecule has 154 valence electrons. The fraction of sp³-hybridized carbons (Fsp3) is 0.696. The molecule has 28 heavy (non-hydrogen) atoms. The highest BCUT2D eigenvalue weighted by Gasteiger charge is 2.52. The fourth-order valence-electron chi connectivity index (χ4n) is 5.74. The van der Waals surface area contributed by atoms with Crippen molar-refractivity contribution in [1.29, 1.82) is 0 Å². The zero-order chi connectivity index (χ0) is 19.8. The summed E-state index contributed by atoms with van der Waals surface area (Å²) in [6.45, 7) is 7.81. The number of rotatable bonds is 4. The Morgan fingerprint density at radius 2 is 1.86 bits per heavy atom. The highest BCUT2D eigenvalue weighted by Crippen LogP contribution is 2.42. The molecule has 1 aliphatic carbocycles. The number of amides is 1. The highest BCUT2D eigenvalue weighted by atomic mass is 16.3. The molecule has 2 N–H and O–H groups in total. The number of benzene rings is 1. The molecule has 3 aliphatic rings. The lowest BCUT2D eigenvalue weighted by Crippen LogP contribution is -2.61. The van der Waals surface area contributed by atoms with E-state index in [0.29, 0.717) is 12.6 Å². The normalized spacial score (nSPS) is 31.4. The van der Waals surface area contributed by atoms with E-state index in [1.807, 2.05) is 18.2 Å². The minimum absolute atomic E-state index is 0.143. The number of piperidine rings is 1. The molecule has 1 aromatic carbocycles. The first-order chi connectivity index (χ1) is 13.5. The third kappa shape index (κ3) is 3.38. The zero-order valence-electron chi connectivity index (χ0n) is 17.4. The maximum absolute atomic E-state index is 12.8. The van der Waals surface area contributed by atoms with Gasteiger partial charge < -0.3 is 10.4 Å². The van der Waals surface area contributed by atoms with Gasteiger partial charge in [-0.25, -0.2) is 0 Å². The molecular formula is C23H35N3O2.